The van der Waals surface area contributed by atoms with Crippen LogP contribution in [0.25, 0.3) is 11.3 Å². The predicted octanol–water partition coefficient (Wildman–Crippen LogP) is 4.36. The Labute approximate surface area is 165 Å². The van der Waals surface area contributed by atoms with Gasteiger partial charge in [0.2, 0.25) is 0 Å². The van der Waals surface area contributed by atoms with E-state index in [2.05, 4.69) is 43.7 Å². The zero-order chi connectivity index (χ0) is 19.0. The Kier molecular flexibility index (Phi) is 4.70. The minimum atomic E-state index is -0.335. The van der Waals surface area contributed by atoms with E-state index in [0.717, 1.165) is 40.1 Å². The van der Waals surface area contributed by atoms with E-state index in [-0.39, 0.29) is 12.0 Å². The van der Waals surface area contributed by atoms with Gasteiger partial charge in [-0.05, 0) is 55.3 Å². The molecular weight excluding hydrogens is 408 g/mol. The highest BCUT2D eigenvalue weighted by atomic mass is 79.9. The number of fused-ring (bicyclic) bond motifs is 3. The molecule has 0 spiro atoms. The van der Waals surface area contributed by atoms with Crippen LogP contribution in [-0.2, 0) is 11.3 Å². The third-order valence-electron chi connectivity index (χ3n) is 4.82. The van der Waals surface area contributed by atoms with Crippen molar-refractivity contribution in [3.05, 3.63) is 63.8 Å². The van der Waals surface area contributed by atoms with Gasteiger partial charge in [-0.2, -0.15) is 0 Å². The molecule has 3 aromatic rings. The fourth-order valence-electron chi connectivity index (χ4n) is 3.51. The first kappa shape index (κ1) is 17.7. The Morgan fingerprint density at radius 3 is 2.78 bits per heavy atom. The minimum absolute atomic E-state index is 0.113. The maximum absolute atomic E-state index is 11.6. The number of aryl methyl sites for hydroxylation is 2. The fraction of sp³-hybridized carbons (Fsp3) is 0.250. The third kappa shape index (κ3) is 3.35. The van der Waals surface area contributed by atoms with E-state index < -0.39 is 0 Å². The highest BCUT2D eigenvalue weighted by Gasteiger charge is 2.25. The van der Waals surface area contributed by atoms with Crippen molar-refractivity contribution in [3.63, 3.8) is 0 Å². The van der Waals surface area contributed by atoms with Crippen molar-refractivity contribution < 1.29 is 9.53 Å². The van der Waals surface area contributed by atoms with Gasteiger partial charge in [-0.1, -0.05) is 27.2 Å². The quantitative estimate of drug-likeness (QED) is 0.630. The lowest BCUT2D eigenvalue weighted by atomic mass is 9.96. The van der Waals surface area contributed by atoms with Gasteiger partial charge in [0.05, 0.1) is 30.1 Å². The molecule has 7 heteroatoms. The van der Waals surface area contributed by atoms with E-state index in [9.17, 15) is 4.79 Å². The Balaban J connectivity index is 1.69. The highest BCUT2D eigenvalue weighted by Crippen LogP contribution is 2.38. The van der Waals surface area contributed by atoms with Gasteiger partial charge in [0.1, 0.15) is 0 Å². The number of carbonyl (C=O) groups excluding carboxylic acids is 1. The Hall–Kier alpha value is -2.67. The Bertz CT molecular complexity index is 998. The van der Waals surface area contributed by atoms with Crippen LogP contribution in [0.2, 0.25) is 0 Å². The summed E-state index contributed by atoms with van der Waals surface area (Å²) < 4.78 is 7.77. The molecule has 0 saturated carbocycles. The van der Waals surface area contributed by atoms with Gasteiger partial charge in [0.15, 0.2) is 0 Å². The number of ether oxygens (including phenoxy) is 1. The number of nitrogens with one attached hydrogen (secondary N) is 1. The van der Waals surface area contributed by atoms with Crippen LogP contribution >= 0.6 is 15.9 Å². The Morgan fingerprint density at radius 2 is 2.04 bits per heavy atom. The Morgan fingerprint density at radius 1 is 1.26 bits per heavy atom. The summed E-state index contributed by atoms with van der Waals surface area (Å²) in [4.78, 5) is 11.6. The molecule has 1 aliphatic heterocycles. The molecule has 1 aliphatic rings. The summed E-state index contributed by atoms with van der Waals surface area (Å²) in [6, 6.07) is 13.8. The van der Waals surface area contributed by atoms with Crippen molar-refractivity contribution in [2.45, 2.75) is 25.9 Å². The normalized spacial score (nSPS) is 15.4. The summed E-state index contributed by atoms with van der Waals surface area (Å²) >= 11 is 3.59. The van der Waals surface area contributed by atoms with Gasteiger partial charge < -0.3 is 10.1 Å². The van der Waals surface area contributed by atoms with Crippen LogP contribution in [0.1, 0.15) is 34.1 Å². The SMILES string of the molecule is COC(=O)c1ccc(NC2CCn3nnc(C)c3-c3ccc(Br)cc32)cc1. The van der Waals surface area contributed by atoms with Crippen LogP contribution in [0.15, 0.2) is 46.9 Å². The summed E-state index contributed by atoms with van der Waals surface area (Å²) in [5.74, 6) is -0.335. The molecule has 138 valence electrons. The van der Waals surface area contributed by atoms with E-state index in [1.165, 1.54) is 12.7 Å². The van der Waals surface area contributed by atoms with Crippen LogP contribution in [-0.4, -0.2) is 28.1 Å². The van der Waals surface area contributed by atoms with Gasteiger partial charge in [-0.3, -0.25) is 0 Å². The zero-order valence-corrected chi connectivity index (χ0v) is 16.7. The number of esters is 1. The lowest BCUT2D eigenvalue weighted by Crippen LogP contribution is -2.13. The molecule has 1 unspecified atom stereocenters. The van der Waals surface area contributed by atoms with E-state index >= 15 is 0 Å². The molecule has 1 aromatic heterocycles. The first-order valence-electron chi connectivity index (χ1n) is 8.71. The van der Waals surface area contributed by atoms with Crippen LogP contribution < -0.4 is 5.32 Å². The van der Waals surface area contributed by atoms with E-state index in [1.54, 1.807) is 12.1 Å². The van der Waals surface area contributed by atoms with Gasteiger partial charge >= 0.3 is 5.97 Å². The molecule has 2 aromatic carbocycles. The van der Waals surface area contributed by atoms with Gasteiger partial charge in [0.25, 0.3) is 0 Å². The van der Waals surface area contributed by atoms with Crippen LogP contribution in [0, 0.1) is 6.92 Å². The summed E-state index contributed by atoms with van der Waals surface area (Å²) in [7, 11) is 1.38. The van der Waals surface area contributed by atoms with Gasteiger partial charge in [-0.15, -0.1) is 5.10 Å². The number of benzene rings is 2. The maximum Gasteiger partial charge on any atom is 0.337 e. The van der Waals surface area contributed by atoms with Crippen LogP contribution in [0.5, 0.6) is 0 Å². The summed E-state index contributed by atoms with van der Waals surface area (Å²) in [6.07, 6.45) is 0.873. The summed E-state index contributed by atoms with van der Waals surface area (Å²) in [5, 5.41) is 12.1. The fourth-order valence-corrected chi connectivity index (χ4v) is 3.89. The minimum Gasteiger partial charge on any atom is -0.465 e. The lowest BCUT2D eigenvalue weighted by Gasteiger charge is -2.21. The first-order valence-corrected chi connectivity index (χ1v) is 9.51. The molecule has 27 heavy (non-hydrogen) atoms. The molecule has 1 N–H and O–H groups in total. The molecule has 4 rings (SSSR count). The highest BCUT2D eigenvalue weighted by molar-refractivity contribution is 9.10. The summed E-state index contributed by atoms with van der Waals surface area (Å²) in [5.41, 5.74) is 5.83. The molecule has 0 amide bonds. The van der Waals surface area contributed by atoms with E-state index in [0.29, 0.717) is 5.56 Å². The van der Waals surface area contributed by atoms with Crippen molar-refractivity contribution in [3.8, 4) is 11.3 Å². The number of carbonyl (C=O) groups is 1. The van der Waals surface area contributed by atoms with Crippen molar-refractivity contribution in [1.29, 1.82) is 0 Å². The number of methoxy groups -OCH3 is 1. The number of aromatic nitrogens is 3. The van der Waals surface area contributed by atoms with Crippen LogP contribution in [0.4, 0.5) is 5.69 Å². The van der Waals surface area contributed by atoms with Crippen molar-refractivity contribution in [1.82, 2.24) is 15.0 Å². The number of nitrogens with zero attached hydrogens (tertiary/aromatic N) is 3. The molecule has 0 aliphatic carbocycles. The van der Waals surface area contributed by atoms with E-state index in [4.69, 9.17) is 4.74 Å². The average Bonchev–Trinajstić information content (AvgIpc) is 2.97. The smallest absolute Gasteiger partial charge is 0.337 e. The number of anilines is 1. The molecule has 0 radical (unpaired) electrons. The van der Waals surface area contributed by atoms with Crippen LogP contribution in [0.3, 0.4) is 0 Å². The third-order valence-corrected chi connectivity index (χ3v) is 5.32. The molecule has 0 fully saturated rings. The molecule has 0 bridgehead atoms. The molecular formula is C20H19BrN4O2. The number of hydrogen-bond donors (Lipinski definition) is 1. The molecule has 0 saturated heterocycles. The zero-order valence-electron chi connectivity index (χ0n) is 15.1. The standard InChI is InChI=1S/C20H19BrN4O2/c1-12-19-16-8-5-14(21)11-17(16)18(9-10-25(19)24-23-12)22-15-6-3-13(4-7-15)20(26)27-2/h3-8,11,18,22H,9-10H2,1-2H3. The largest absolute Gasteiger partial charge is 0.465 e. The lowest BCUT2D eigenvalue weighted by molar-refractivity contribution is 0.0601. The van der Waals surface area contributed by atoms with Crippen molar-refractivity contribution in [2.75, 3.05) is 12.4 Å². The van der Waals surface area contributed by atoms with E-state index in [1.807, 2.05) is 29.8 Å². The first-order chi connectivity index (χ1) is 13.1. The number of rotatable bonds is 3. The molecule has 6 nitrogen and oxygen atoms in total. The number of hydrogen-bond acceptors (Lipinski definition) is 5. The second-order valence-corrected chi connectivity index (χ2v) is 7.45. The topological polar surface area (TPSA) is 69.0 Å². The summed E-state index contributed by atoms with van der Waals surface area (Å²) in [6.45, 7) is 2.77. The second kappa shape index (κ2) is 7.15. The average molecular weight is 427 g/mol. The molecule has 2 heterocycles. The monoisotopic (exact) mass is 426 g/mol. The maximum atomic E-state index is 11.6. The number of halogens is 1. The van der Waals surface area contributed by atoms with Crippen molar-refractivity contribution >= 4 is 27.6 Å². The predicted molar refractivity (Wildman–Crippen MR) is 107 cm³/mol. The van der Waals surface area contributed by atoms with Gasteiger partial charge in [-0.25, -0.2) is 9.48 Å². The second-order valence-electron chi connectivity index (χ2n) is 6.53. The van der Waals surface area contributed by atoms with Crippen molar-refractivity contribution in [2.24, 2.45) is 0 Å². The van der Waals surface area contributed by atoms with Gasteiger partial charge in [0, 0.05) is 22.3 Å². The molecule has 1 atom stereocenters.